The Kier molecular flexibility index (Phi) is 5.10. The first-order valence-corrected chi connectivity index (χ1v) is 6.85. The van der Waals surface area contributed by atoms with Crippen molar-refractivity contribution in [3.05, 3.63) is 29.0 Å². The zero-order chi connectivity index (χ0) is 15.2. The molecule has 0 amide bonds. The Morgan fingerprint density at radius 2 is 1.95 bits per heavy atom. The fraction of sp³-hybridized carbons (Fsp3) is 0.308. The van der Waals surface area contributed by atoms with Crippen molar-refractivity contribution < 1.29 is 9.13 Å². The van der Waals surface area contributed by atoms with Crippen molar-refractivity contribution in [1.82, 2.24) is 15.0 Å². The van der Waals surface area contributed by atoms with Crippen LogP contribution in [0.25, 0.3) is 0 Å². The Bertz CT molecular complexity index is 601. The molecule has 0 aliphatic carbocycles. The Morgan fingerprint density at radius 3 is 2.62 bits per heavy atom. The van der Waals surface area contributed by atoms with Gasteiger partial charge in [-0.15, -0.1) is 0 Å². The van der Waals surface area contributed by atoms with E-state index in [1.54, 1.807) is 6.07 Å². The first kappa shape index (κ1) is 15.2. The highest BCUT2D eigenvalue weighted by atomic mass is 35.5. The van der Waals surface area contributed by atoms with E-state index >= 15 is 0 Å². The van der Waals surface area contributed by atoms with Crippen LogP contribution < -0.4 is 15.4 Å². The van der Waals surface area contributed by atoms with Gasteiger partial charge in [0.2, 0.25) is 11.9 Å². The molecular weight excluding hydrogens is 297 g/mol. The monoisotopic (exact) mass is 311 g/mol. The van der Waals surface area contributed by atoms with E-state index in [0.29, 0.717) is 24.8 Å². The molecule has 1 heterocycles. The number of hydrogen-bond acceptors (Lipinski definition) is 6. The summed E-state index contributed by atoms with van der Waals surface area (Å²) in [4.78, 5) is 12.4. The third-order valence-corrected chi connectivity index (χ3v) is 2.71. The van der Waals surface area contributed by atoms with Gasteiger partial charge in [-0.05, 0) is 32.0 Å². The zero-order valence-electron chi connectivity index (χ0n) is 11.7. The molecule has 6 nitrogen and oxygen atoms in total. The molecule has 0 aliphatic heterocycles. The molecule has 0 atom stereocenters. The predicted octanol–water partition coefficient (Wildman–Crippen LogP) is 3.24. The molecule has 21 heavy (non-hydrogen) atoms. The number of rotatable bonds is 6. The zero-order valence-corrected chi connectivity index (χ0v) is 12.4. The van der Waals surface area contributed by atoms with Gasteiger partial charge in [-0.25, -0.2) is 4.39 Å². The maximum Gasteiger partial charge on any atom is 0.323 e. The van der Waals surface area contributed by atoms with Crippen molar-refractivity contribution in [2.24, 2.45) is 0 Å². The fourth-order valence-corrected chi connectivity index (χ4v) is 1.66. The topological polar surface area (TPSA) is 72.0 Å². The van der Waals surface area contributed by atoms with Crippen LogP contribution in [0, 0.1) is 5.82 Å². The van der Waals surface area contributed by atoms with Gasteiger partial charge in [-0.3, -0.25) is 0 Å². The molecule has 0 aliphatic rings. The number of aromatic nitrogens is 3. The van der Waals surface area contributed by atoms with Crippen LogP contribution in [0.5, 0.6) is 6.01 Å². The summed E-state index contributed by atoms with van der Waals surface area (Å²) in [7, 11) is 0. The molecule has 112 valence electrons. The van der Waals surface area contributed by atoms with Crippen LogP contribution in [0.1, 0.15) is 13.8 Å². The van der Waals surface area contributed by atoms with Gasteiger partial charge in [-0.2, -0.15) is 15.0 Å². The Labute approximate surface area is 126 Å². The minimum absolute atomic E-state index is 0.0551. The molecular formula is C13H15ClFN5O. The first-order chi connectivity index (χ1) is 10.1. The second-order valence-corrected chi connectivity index (χ2v) is 4.39. The number of halogens is 2. The summed E-state index contributed by atoms with van der Waals surface area (Å²) in [5.41, 5.74) is 0.480. The van der Waals surface area contributed by atoms with E-state index in [-0.39, 0.29) is 17.0 Å². The molecule has 0 bridgehead atoms. The standard InChI is InChI=1S/C13H15ClFN5O/c1-3-16-11-18-12(20-13(19-11)21-4-2)17-8-5-6-9(14)10(15)7-8/h5-7H,3-4H2,1-2H3,(H2,16,17,18,19,20). The van der Waals surface area contributed by atoms with E-state index < -0.39 is 5.82 Å². The predicted molar refractivity (Wildman–Crippen MR) is 79.9 cm³/mol. The minimum atomic E-state index is -0.521. The van der Waals surface area contributed by atoms with Crippen LogP contribution in [0.2, 0.25) is 5.02 Å². The summed E-state index contributed by atoms with van der Waals surface area (Å²) >= 11 is 5.64. The molecule has 0 saturated carbocycles. The average molecular weight is 312 g/mol. The number of hydrogen-bond donors (Lipinski definition) is 2. The lowest BCUT2D eigenvalue weighted by atomic mass is 10.3. The van der Waals surface area contributed by atoms with Crippen LogP contribution >= 0.6 is 11.6 Å². The SMILES string of the molecule is CCNc1nc(Nc2ccc(Cl)c(F)c2)nc(OCC)n1. The number of benzene rings is 1. The number of anilines is 3. The lowest BCUT2D eigenvalue weighted by molar-refractivity contribution is 0.312. The first-order valence-electron chi connectivity index (χ1n) is 6.47. The highest BCUT2D eigenvalue weighted by molar-refractivity contribution is 6.30. The van der Waals surface area contributed by atoms with E-state index in [4.69, 9.17) is 16.3 Å². The second-order valence-electron chi connectivity index (χ2n) is 3.98. The summed E-state index contributed by atoms with van der Waals surface area (Å²) in [6, 6.07) is 4.54. The van der Waals surface area contributed by atoms with Crippen LogP contribution in [-0.4, -0.2) is 28.1 Å². The van der Waals surface area contributed by atoms with E-state index in [2.05, 4.69) is 25.6 Å². The Hall–Kier alpha value is -2.15. The lowest BCUT2D eigenvalue weighted by Crippen LogP contribution is -2.09. The van der Waals surface area contributed by atoms with Crippen LogP contribution in [-0.2, 0) is 0 Å². The fourth-order valence-electron chi connectivity index (χ4n) is 1.55. The summed E-state index contributed by atoms with van der Waals surface area (Å²) in [6.07, 6.45) is 0. The molecule has 1 aromatic heterocycles. The third-order valence-electron chi connectivity index (χ3n) is 2.40. The summed E-state index contributed by atoms with van der Waals surface area (Å²) in [6.45, 7) is 4.85. The molecule has 0 spiro atoms. The number of nitrogens with one attached hydrogen (secondary N) is 2. The van der Waals surface area contributed by atoms with Crippen molar-refractivity contribution in [2.75, 3.05) is 23.8 Å². The molecule has 0 radical (unpaired) electrons. The molecule has 0 saturated heterocycles. The van der Waals surface area contributed by atoms with Gasteiger partial charge in [0.15, 0.2) is 0 Å². The Balaban J connectivity index is 2.26. The van der Waals surface area contributed by atoms with Crippen molar-refractivity contribution in [2.45, 2.75) is 13.8 Å². The maximum absolute atomic E-state index is 13.4. The van der Waals surface area contributed by atoms with E-state index in [9.17, 15) is 4.39 Å². The minimum Gasteiger partial charge on any atom is -0.464 e. The maximum atomic E-state index is 13.4. The van der Waals surface area contributed by atoms with Gasteiger partial charge < -0.3 is 15.4 Å². The molecule has 8 heteroatoms. The molecule has 2 N–H and O–H groups in total. The summed E-state index contributed by atoms with van der Waals surface area (Å²) < 4.78 is 18.7. The van der Waals surface area contributed by atoms with Gasteiger partial charge in [0, 0.05) is 12.2 Å². The van der Waals surface area contributed by atoms with Crippen LogP contribution in [0.3, 0.4) is 0 Å². The van der Waals surface area contributed by atoms with Crippen molar-refractivity contribution in [3.8, 4) is 6.01 Å². The average Bonchev–Trinajstić information content (AvgIpc) is 2.43. The van der Waals surface area contributed by atoms with Gasteiger partial charge in [-0.1, -0.05) is 11.6 Å². The normalized spacial score (nSPS) is 10.3. The quantitative estimate of drug-likeness (QED) is 0.853. The van der Waals surface area contributed by atoms with Crippen molar-refractivity contribution >= 4 is 29.2 Å². The van der Waals surface area contributed by atoms with Crippen molar-refractivity contribution in [1.29, 1.82) is 0 Å². The highest BCUT2D eigenvalue weighted by Crippen LogP contribution is 2.21. The Morgan fingerprint density at radius 1 is 1.19 bits per heavy atom. The number of ether oxygens (including phenoxy) is 1. The third kappa shape index (κ3) is 4.16. The van der Waals surface area contributed by atoms with Gasteiger partial charge in [0.05, 0.1) is 11.6 Å². The smallest absolute Gasteiger partial charge is 0.323 e. The van der Waals surface area contributed by atoms with Gasteiger partial charge in [0.25, 0.3) is 0 Å². The highest BCUT2D eigenvalue weighted by Gasteiger charge is 2.08. The van der Waals surface area contributed by atoms with Crippen molar-refractivity contribution in [3.63, 3.8) is 0 Å². The molecule has 2 aromatic rings. The molecule has 0 unspecified atom stereocenters. The van der Waals surface area contributed by atoms with E-state index in [1.807, 2.05) is 13.8 Å². The largest absolute Gasteiger partial charge is 0.464 e. The molecule has 2 rings (SSSR count). The summed E-state index contributed by atoms with van der Waals surface area (Å²) in [5, 5.41) is 5.92. The lowest BCUT2D eigenvalue weighted by Gasteiger charge is -2.09. The van der Waals surface area contributed by atoms with Gasteiger partial charge in [0.1, 0.15) is 5.82 Å². The summed E-state index contributed by atoms with van der Waals surface area (Å²) in [5.74, 6) is 0.117. The molecule has 0 fully saturated rings. The number of nitrogens with zero attached hydrogens (tertiary/aromatic N) is 3. The van der Waals surface area contributed by atoms with E-state index in [0.717, 1.165) is 0 Å². The molecule has 1 aromatic carbocycles. The van der Waals surface area contributed by atoms with E-state index in [1.165, 1.54) is 12.1 Å². The van der Waals surface area contributed by atoms with Crippen LogP contribution in [0.15, 0.2) is 18.2 Å². The van der Waals surface area contributed by atoms with Crippen LogP contribution in [0.4, 0.5) is 22.0 Å². The van der Waals surface area contributed by atoms with Gasteiger partial charge >= 0.3 is 6.01 Å². The second kappa shape index (κ2) is 7.03.